The van der Waals surface area contributed by atoms with Crippen LogP contribution < -0.4 is 0 Å². The van der Waals surface area contributed by atoms with Crippen LogP contribution in [-0.4, -0.2) is 28.7 Å². The highest BCUT2D eigenvalue weighted by Gasteiger charge is 2.23. The van der Waals surface area contributed by atoms with Crippen LogP contribution in [0.1, 0.15) is 25.3 Å². The summed E-state index contributed by atoms with van der Waals surface area (Å²) >= 11 is 0. The fourth-order valence-corrected chi connectivity index (χ4v) is 2.25. The minimum atomic E-state index is -0.0907. The Labute approximate surface area is 91.5 Å². The van der Waals surface area contributed by atoms with Crippen LogP contribution in [0, 0.1) is 0 Å². The molecule has 1 aromatic rings. The Balaban J connectivity index is 1.95. The molecule has 0 amide bonds. The zero-order valence-electron chi connectivity index (χ0n) is 9.26. The van der Waals surface area contributed by atoms with Crippen molar-refractivity contribution in [1.82, 2.24) is 4.90 Å². The number of benzene rings is 1. The van der Waals surface area contributed by atoms with Gasteiger partial charge in [0, 0.05) is 19.1 Å². The zero-order chi connectivity index (χ0) is 10.7. The number of rotatable bonds is 2. The van der Waals surface area contributed by atoms with Crippen LogP contribution in [0.5, 0.6) is 0 Å². The highest BCUT2D eigenvalue weighted by Crippen LogP contribution is 2.19. The van der Waals surface area contributed by atoms with Gasteiger partial charge < -0.3 is 5.11 Å². The Morgan fingerprint density at radius 3 is 2.73 bits per heavy atom. The molecular weight excluding hydrogens is 186 g/mol. The van der Waals surface area contributed by atoms with Crippen molar-refractivity contribution < 1.29 is 5.11 Å². The molecule has 1 fully saturated rings. The normalized spacial score (nSPS) is 27.9. The van der Waals surface area contributed by atoms with Crippen molar-refractivity contribution in [1.29, 1.82) is 0 Å². The average molecular weight is 205 g/mol. The first-order valence-corrected chi connectivity index (χ1v) is 5.72. The van der Waals surface area contributed by atoms with Gasteiger partial charge in [-0.3, -0.25) is 4.90 Å². The highest BCUT2D eigenvalue weighted by atomic mass is 16.3. The molecule has 2 nitrogen and oxygen atoms in total. The van der Waals surface area contributed by atoms with E-state index in [1.165, 1.54) is 5.56 Å². The molecule has 0 unspecified atom stereocenters. The summed E-state index contributed by atoms with van der Waals surface area (Å²) in [6.07, 6.45) is 1.73. The van der Waals surface area contributed by atoms with Crippen molar-refractivity contribution in [3.05, 3.63) is 35.9 Å². The molecule has 0 aliphatic carbocycles. The molecule has 2 rings (SSSR count). The van der Waals surface area contributed by atoms with Crippen molar-refractivity contribution in [3.8, 4) is 0 Å². The van der Waals surface area contributed by atoms with Crippen molar-refractivity contribution in [2.45, 2.75) is 38.5 Å². The molecule has 2 heteroatoms. The van der Waals surface area contributed by atoms with Crippen molar-refractivity contribution in [3.63, 3.8) is 0 Å². The molecule has 1 N–H and O–H groups in total. The second kappa shape index (κ2) is 4.77. The van der Waals surface area contributed by atoms with Gasteiger partial charge in [0.25, 0.3) is 0 Å². The molecule has 15 heavy (non-hydrogen) atoms. The maximum atomic E-state index is 9.54. The van der Waals surface area contributed by atoms with E-state index in [-0.39, 0.29) is 6.10 Å². The summed E-state index contributed by atoms with van der Waals surface area (Å²) in [7, 11) is 0. The summed E-state index contributed by atoms with van der Waals surface area (Å²) in [6.45, 7) is 4.22. The van der Waals surface area contributed by atoms with Gasteiger partial charge in [0.1, 0.15) is 0 Å². The van der Waals surface area contributed by atoms with Crippen LogP contribution in [0.25, 0.3) is 0 Å². The molecular formula is C13H19NO. The minimum absolute atomic E-state index is 0.0907. The second-order valence-electron chi connectivity index (χ2n) is 4.48. The van der Waals surface area contributed by atoms with Crippen LogP contribution in [0.3, 0.4) is 0 Å². The van der Waals surface area contributed by atoms with Gasteiger partial charge >= 0.3 is 0 Å². The third kappa shape index (κ3) is 2.80. The first kappa shape index (κ1) is 10.7. The summed E-state index contributed by atoms with van der Waals surface area (Å²) in [5.41, 5.74) is 1.36. The Morgan fingerprint density at radius 1 is 1.33 bits per heavy atom. The minimum Gasteiger partial charge on any atom is -0.393 e. The Bertz CT molecular complexity index is 299. The van der Waals surface area contributed by atoms with Crippen LogP contribution in [0.2, 0.25) is 0 Å². The fraction of sp³-hybridized carbons (Fsp3) is 0.538. The topological polar surface area (TPSA) is 23.5 Å². The molecule has 2 atom stereocenters. The van der Waals surface area contributed by atoms with Crippen LogP contribution in [0.4, 0.5) is 0 Å². The van der Waals surface area contributed by atoms with E-state index >= 15 is 0 Å². The molecule has 0 radical (unpaired) electrons. The van der Waals surface area contributed by atoms with E-state index in [1.54, 1.807) is 0 Å². The van der Waals surface area contributed by atoms with Gasteiger partial charge in [-0.1, -0.05) is 30.3 Å². The van der Waals surface area contributed by atoms with Gasteiger partial charge in [0.05, 0.1) is 6.10 Å². The quantitative estimate of drug-likeness (QED) is 0.798. The fourth-order valence-electron chi connectivity index (χ4n) is 2.25. The predicted molar refractivity (Wildman–Crippen MR) is 61.6 cm³/mol. The summed E-state index contributed by atoms with van der Waals surface area (Å²) in [5.74, 6) is 0. The highest BCUT2D eigenvalue weighted by molar-refractivity contribution is 5.14. The van der Waals surface area contributed by atoms with Gasteiger partial charge in [-0.2, -0.15) is 0 Å². The van der Waals surface area contributed by atoms with E-state index < -0.39 is 0 Å². The lowest BCUT2D eigenvalue weighted by molar-refractivity contribution is 0.0442. The lowest BCUT2D eigenvalue weighted by atomic mass is 10.00. The van der Waals surface area contributed by atoms with E-state index in [9.17, 15) is 5.11 Å². The molecule has 1 aliphatic heterocycles. The first-order valence-electron chi connectivity index (χ1n) is 5.72. The average Bonchev–Trinajstić information content (AvgIpc) is 2.24. The number of aliphatic hydroxyl groups is 1. The Kier molecular flexibility index (Phi) is 3.39. The van der Waals surface area contributed by atoms with Crippen LogP contribution >= 0.6 is 0 Å². The summed E-state index contributed by atoms with van der Waals surface area (Å²) in [5, 5.41) is 9.54. The maximum absolute atomic E-state index is 9.54. The first-order chi connectivity index (χ1) is 7.25. The molecule has 0 bridgehead atoms. The summed E-state index contributed by atoms with van der Waals surface area (Å²) in [4.78, 5) is 2.45. The lowest BCUT2D eigenvalue weighted by Crippen LogP contribution is -2.41. The largest absolute Gasteiger partial charge is 0.393 e. The van der Waals surface area contributed by atoms with E-state index in [0.29, 0.717) is 6.04 Å². The van der Waals surface area contributed by atoms with E-state index in [0.717, 1.165) is 25.9 Å². The van der Waals surface area contributed by atoms with E-state index in [2.05, 4.69) is 36.1 Å². The molecule has 0 aromatic heterocycles. The van der Waals surface area contributed by atoms with Crippen LogP contribution in [-0.2, 0) is 6.54 Å². The summed E-state index contributed by atoms with van der Waals surface area (Å²) in [6, 6.07) is 11.0. The molecule has 0 spiro atoms. The van der Waals surface area contributed by atoms with Gasteiger partial charge in [-0.05, 0) is 25.3 Å². The van der Waals surface area contributed by atoms with Crippen molar-refractivity contribution in [2.24, 2.45) is 0 Å². The van der Waals surface area contributed by atoms with Crippen molar-refractivity contribution in [2.75, 3.05) is 6.54 Å². The number of aliphatic hydroxyl groups excluding tert-OH is 1. The molecule has 1 aliphatic rings. The lowest BCUT2D eigenvalue weighted by Gasteiger charge is -2.35. The number of piperidine rings is 1. The molecule has 1 heterocycles. The maximum Gasteiger partial charge on any atom is 0.0567 e. The Hall–Kier alpha value is -0.860. The van der Waals surface area contributed by atoms with E-state index in [4.69, 9.17) is 0 Å². The predicted octanol–water partition coefficient (Wildman–Crippen LogP) is 2.03. The second-order valence-corrected chi connectivity index (χ2v) is 4.48. The van der Waals surface area contributed by atoms with Gasteiger partial charge in [0.2, 0.25) is 0 Å². The van der Waals surface area contributed by atoms with Gasteiger partial charge in [0.15, 0.2) is 0 Å². The smallest absolute Gasteiger partial charge is 0.0567 e. The molecule has 0 saturated carbocycles. The standard InChI is InChI=1S/C13H19NO/c1-11-9-13(15)7-8-14(11)10-12-5-3-2-4-6-12/h2-6,11,13,15H,7-10H2,1H3/t11-,13+/m1/s1. The van der Waals surface area contributed by atoms with Crippen molar-refractivity contribution >= 4 is 0 Å². The van der Waals surface area contributed by atoms with Crippen LogP contribution in [0.15, 0.2) is 30.3 Å². The number of hydrogen-bond acceptors (Lipinski definition) is 2. The SMILES string of the molecule is C[C@@H]1C[C@@H](O)CCN1Cc1ccccc1. The molecule has 1 saturated heterocycles. The van der Waals surface area contributed by atoms with Gasteiger partial charge in [-0.15, -0.1) is 0 Å². The Morgan fingerprint density at radius 2 is 2.07 bits per heavy atom. The van der Waals surface area contributed by atoms with E-state index in [1.807, 2.05) is 6.07 Å². The zero-order valence-corrected chi connectivity index (χ0v) is 9.26. The monoisotopic (exact) mass is 205 g/mol. The number of hydrogen-bond donors (Lipinski definition) is 1. The molecule has 82 valence electrons. The molecule has 1 aromatic carbocycles. The third-order valence-electron chi connectivity index (χ3n) is 3.21. The third-order valence-corrected chi connectivity index (χ3v) is 3.21. The van der Waals surface area contributed by atoms with Gasteiger partial charge in [-0.25, -0.2) is 0 Å². The summed E-state index contributed by atoms with van der Waals surface area (Å²) < 4.78 is 0. The number of nitrogens with zero attached hydrogens (tertiary/aromatic N) is 1. The number of likely N-dealkylation sites (tertiary alicyclic amines) is 1.